The number of aryl methyl sites for hydroxylation is 2. The zero-order valence-electron chi connectivity index (χ0n) is 16.4. The molecule has 150 valence electrons. The average Bonchev–Trinajstić information content (AvgIpc) is 3.32. The topological polar surface area (TPSA) is 80.1 Å². The standard InChI is InChI=1S/C19H24N4O4S/c1-12-16(13(2)27-21-12)18(24)22-9-6-10-23(22)19(28)20-11-14-7-5-8-15(25-3)17(14)26-4/h5,7-8H,6,9-11H2,1-4H3,(H,20,28). The van der Waals surface area contributed by atoms with E-state index in [-0.39, 0.29) is 5.91 Å². The van der Waals surface area contributed by atoms with Crippen LogP contribution < -0.4 is 14.8 Å². The summed E-state index contributed by atoms with van der Waals surface area (Å²) >= 11 is 5.55. The van der Waals surface area contributed by atoms with Gasteiger partial charge in [-0.15, -0.1) is 0 Å². The molecule has 1 N–H and O–H groups in total. The van der Waals surface area contributed by atoms with Crippen molar-refractivity contribution in [2.24, 2.45) is 0 Å². The molecule has 0 radical (unpaired) electrons. The number of carbonyl (C=O) groups is 1. The summed E-state index contributed by atoms with van der Waals surface area (Å²) in [5, 5.41) is 11.0. The van der Waals surface area contributed by atoms with E-state index in [1.54, 1.807) is 38.1 Å². The third kappa shape index (κ3) is 3.75. The van der Waals surface area contributed by atoms with E-state index in [1.165, 1.54) is 0 Å². The molecule has 0 spiro atoms. The first-order valence-corrected chi connectivity index (χ1v) is 9.38. The molecular weight excluding hydrogens is 380 g/mol. The van der Waals surface area contributed by atoms with E-state index in [1.807, 2.05) is 18.2 Å². The zero-order valence-corrected chi connectivity index (χ0v) is 17.3. The number of hydrazine groups is 1. The minimum atomic E-state index is -0.156. The summed E-state index contributed by atoms with van der Waals surface area (Å²) in [5.74, 6) is 1.67. The lowest BCUT2D eigenvalue weighted by molar-refractivity contribution is 0.0489. The first-order chi connectivity index (χ1) is 13.5. The molecule has 9 heteroatoms. The van der Waals surface area contributed by atoms with Gasteiger partial charge in [0.1, 0.15) is 11.3 Å². The van der Waals surface area contributed by atoms with E-state index in [0.29, 0.717) is 53.3 Å². The molecule has 8 nitrogen and oxygen atoms in total. The van der Waals surface area contributed by atoms with Gasteiger partial charge in [0.25, 0.3) is 5.91 Å². The summed E-state index contributed by atoms with van der Waals surface area (Å²) < 4.78 is 15.9. The first kappa shape index (κ1) is 19.9. The molecular formula is C19H24N4O4S. The van der Waals surface area contributed by atoms with Crippen LogP contribution in [0, 0.1) is 13.8 Å². The highest BCUT2D eigenvalue weighted by atomic mass is 32.1. The number of amides is 1. The third-order valence-electron chi connectivity index (χ3n) is 4.66. The fraction of sp³-hybridized carbons (Fsp3) is 0.421. The second kappa shape index (κ2) is 8.47. The molecule has 1 aromatic carbocycles. The number of benzene rings is 1. The summed E-state index contributed by atoms with van der Waals surface area (Å²) in [5.41, 5.74) is 1.98. The SMILES string of the molecule is COc1cccc(CNC(=S)N2CCCN2C(=O)c2c(C)noc2C)c1OC. The predicted molar refractivity (Wildman–Crippen MR) is 107 cm³/mol. The van der Waals surface area contributed by atoms with Crippen molar-refractivity contribution in [1.82, 2.24) is 20.5 Å². The van der Waals surface area contributed by atoms with Crippen LogP contribution in [0.5, 0.6) is 11.5 Å². The number of nitrogens with zero attached hydrogens (tertiary/aromatic N) is 3. The Morgan fingerprint density at radius 2 is 2.00 bits per heavy atom. The van der Waals surface area contributed by atoms with Crippen molar-refractivity contribution in [3.63, 3.8) is 0 Å². The molecule has 2 heterocycles. The average molecular weight is 404 g/mol. The van der Waals surface area contributed by atoms with Crippen LogP contribution in [-0.4, -0.2) is 53.5 Å². The number of thiocarbonyl (C=S) groups is 1. The fourth-order valence-electron chi connectivity index (χ4n) is 3.31. The molecule has 28 heavy (non-hydrogen) atoms. The summed E-state index contributed by atoms with van der Waals surface area (Å²) in [6.45, 7) is 5.20. The molecule has 0 saturated carbocycles. The number of nitrogens with one attached hydrogen (secondary N) is 1. The van der Waals surface area contributed by atoms with E-state index >= 15 is 0 Å². The summed E-state index contributed by atoms with van der Waals surface area (Å²) in [6.07, 6.45) is 0.833. The van der Waals surface area contributed by atoms with Gasteiger partial charge in [-0.25, -0.2) is 5.01 Å². The Kier molecular flexibility index (Phi) is 6.03. The van der Waals surface area contributed by atoms with E-state index in [4.69, 9.17) is 26.2 Å². The van der Waals surface area contributed by atoms with Gasteiger partial charge in [0.15, 0.2) is 16.6 Å². The lowest BCUT2D eigenvalue weighted by Gasteiger charge is -2.30. The lowest BCUT2D eigenvalue weighted by atomic mass is 10.2. The molecule has 1 aliphatic heterocycles. The molecule has 1 amide bonds. The summed E-state index contributed by atoms with van der Waals surface area (Å²) in [6, 6.07) is 5.67. The maximum Gasteiger partial charge on any atom is 0.277 e. The zero-order chi connectivity index (χ0) is 20.3. The molecule has 1 saturated heterocycles. The van der Waals surface area contributed by atoms with Crippen molar-refractivity contribution >= 4 is 23.2 Å². The largest absolute Gasteiger partial charge is 0.493 e. The number of carbonyl (C=O) groups excluding carboxylic acids is 1. The predicted octanol–water partition coefficient (Wildman–Crippen LogP) is 2.45. The van der Waals surface area contributed by atoms with Gasteiger partial charge in [0.05, 0.1) is 19.9 Å². The van der Waals surface area contributed by atoms with Gasteiger partial charge in [-0.3, -0.25) is 9.80 Å². The van der Waals surface area contributed by atoms with E-state index in [2.05, 4.69) is 10.5 Å². The van der Waals surface area contributed by atoms with Gasteiger partial charge >= 0.3 is 0 Å². The van der Waals surface area contributed by atoms with Crippen molar-refractivity contribution in [3.05, 3.63) is 40.8 Å². The van der Waals surface area contributed by atoms with Crippen LogP contribution >= 0.6 is 12.2 Å². The molecule has 3 rings (SSSR count). The van der Waals surface area contributed by atoms with Crippen molar-refractivity contribution < 1.29 is 18.8 Å². The summed E-state index contributed by atoms with van der Waals surface area (Å²) in [4.78, 5) is 13.0. The van der Waals surface area contributed by atoms with E-state index < -0.39 is 0 Å². The monoisotopic (exact) mass is 404 g/mol. The molecule has 2 aromatic rings. The van der Waals surface area contributed by atoms with Crippen LogP contribution in [0.3, 0.4) is 0 Å². The number of para-hydroxylation sites is 1. The molecule has 1 aromatic heterocycles. The van der Waals surface area contributed by atoms with Crippen molar-refractivity contribution in [3.8, 4) is 11.5 Å². The Balaban J connectivity index is 1.71. The molecule has 1 fully saturated rings. The van der Waals surface area contributed by atoms with E-state index in [0.717, 1.165) is 12.0 Å². The smallest absolute Gasteiger partial charge is 0.277 e. The third-order valence-corrected chi connectivity index (χ3v) is 5.02. The highest BCUT2D eigenvalue weighted by Crippen LogP contribution is 2.30. The van der Waals surface area contributed by atoms with Crippen molar-refractivity contribution in [2.45, 2.75) is 26.8 Å². The second-order valence-electron chi connectivity index (χ2n) is 6.42. The Morgan fingerprint density at radius 3 is 2.64 bits per heavy atom. The Bertz CT molecular complexity index is 863. The fourth-order valence-corrected chi connectivity index (χ4v) is 3.57. The number of hydrogen-bond acceptors (Lipinski definition) is 6. The van der Waals surface area contributed by atoms with Crippen LogP contribution in [-0.2, 0) is 6.54 Å². The van der Waals surface area contributed by atoms with Crippen LogP contribution in [0.4, 0.5) is 0 Å². The molecule has 0 atom stereocenters. The highest BCUT2D eigenvalue weighted by Gasteiger charge is 2.32. The number of aromatic nitrogens is 1. The maximum absolute atomic E-state index is 13.0. The first-order valence-electron chi connectivity index (χ1n) is 8.97. The van der Waals surface area contributed by atoms with Gasteiger partial charge in [-0.2, -0.15) is 0 Å². The van der Waals surface area contributed by atoms with E-state index in [9.17, 15) is 4.79 Å². The maximum atomic E-state index is 13.0. The normalized spacial score (nSPS) is 13.6. The van der Waals surface area contributed by atoms with Gasteiger partial charge in [-0.05, 0) is 38.6 Å². The van der Waals surface area contributed by atoms with Crippen LogP contribution in [0.2, 0.25) is 0 Å². The highest BCUT2D eigenvalue weighted by molar-refractivity contribution is 7.80. The minimum absolute atomic E-state index is 0.156. The van der Waals surface area contributed by atoms with Gasteiger partial charge in [-0.1, -0.05) is 17.3 Å². The minimum Gasteiger partial charge on any atom is -0.493 e. The van der Waals surface area contributed by atoms with Crippen LogP contribution in [0.25, 0.3) is 0 Å². The molecule has 0 aliphatic carbocycles. The quantitative estimate of drug-likeness (QED) is 0.762. The van der Waals surface area contributed by atoms with Crippen LogP contribution in [0.15, 0.2) is 22.7 Å². The number of rotatable bonds is 5. The van der Waals surface area contributed by atoms with Gasteiger partial charge in [0.2, 0.25) is 0 Å². The van der Waals surface area contributed by atoms with Gasteiger partial charge < -0.3 is 19.3 Å². The second-order valence-corrected chi connectivity index (χ2v) is 6.80. The summed E-state index contributed by atoms with van der Waals surface area (Å²) in [7, 11) is 3.20. The molecule has 1 aliphatic rings. The number of hydrogen-bond donors (Lipinski definition) is 1. The van der Waals surface area contributed by atoms with Crippen molar-refractivity contribution in [1.29, 1.82) is 0 Å². The number of ether oxygens (including phenoxy) is 2. The molecule has 0 bridgehead atoms. The lowest BCUT2D eigenvalue weighted by Crippen LogP contribution is -2.49. The van der Waals surface area contributed by atoms with Gasteiger partial charge in [0, 0.05) is 25.2 Å². The Morgan fingerprint density at radius 1 is 1.25 bits per heavy atom. The van der Waals surface area contributed by atoms with Crippen LogP contribution in [0.1, 0.15) is 33.8 Å². The Labute approximate surface area is 169 Å². The Hall–Kier alpha value is -2.81. The van der Waals surface area contributed by atoms with Crippen molar-refractivity contribution in [2.75, 3.05) is 27.3 Å². The molecule has 0 unspecified atom stereocenters. The number of methoxy groups -OCH3 is 2.